The Morgan fingerprint density at radius 1 is 1.00 bits per heavy atom. The van der Waals surface area contributed by atoms with Crippen molar-refractivity contribution in [2.45, 2.75) is 19.3 Å². The predicted molar refractivity (Wildman–Crippen MR) is 83.0 cm³/mol. The van der Waals surface area contributed by atoms with Crippen LogP contribution in [-0.2, 0) is 11.2 Å². The van der Waals surface area contributed by atoms with Crippen LogP contribution in [0, 0.1) is 0 Å². The van der Waals surface area contributed by atoms with Gasteiger partial charge in [0.1, 0.15) is 0 Å². The van der Waals surface area contributed by atoms with E-state index >= 15 is 0 Å². The largest absolute Gasteiger partial charge is 0.366 e. The second kappa shape index (κ2) is 7.24. The summed E-state index contributed by atoms with van der Waals surface area (Å²) in [6.45, 7) is 0. The van der Waals surface area contributed by atoms with Gasteiger partial charge in [-0.25, -0.2) is 0 Å². The summed E-state index contributed by atoms with van der Waals surface area (Å²) in [5.41, 5.74) is 7.41. The summed E-state index contributed by atoms with van der Waals surface area (Å²) in [4.78, 5) is 22.9. The van der Waals surface area contributed by atoms with Crippen LogP contribution in [0.4, 0.5) is 5.69 Å². The zero-order valence-electron chi connectivity index (χ0n) is 11.7. The number of nitrogens with two attached hydrogens (primary N) is 1. The van der Waals surface area contributed by atoms with Gasteiger partial charge in [-0.1, -0.05) is 36.4 Å². The topological polar surface area (TPSA) is 72.2 Å². The molecule has 2 aromatic rings. The highest BCUT2D eigenvalue weighted by atomic mass is 16.2. The number of benzene rings is 2. The van der Waals surface area contributed by atoms with Crippen molar-refractivity contribution < 1.29 is 9.59 Å². The molecule has 0 spiro atoms. The van der Waals surface area contributed by atoms with Crippen molar-refractivity contribution in [3.63, 3.8) is 0 Å². The Morgan fingerprint density at radius 3 is 2.48 bits per heavy atom. The molecule has 21 heavy (non-hydrogen) atoms. The Hall–Kier alpha value is -2.62. The molecule has 0 aromatic heterocycles. The highest BCUT2D eigenvalue weighted by Gasteiger charge is 2.05. The summed E-state index contributed by atoms with van der Waals surface area (Å²) >= 11 is 0. The van der Waals surface area contributed by atoms with Gasteiger partial charge in [0.15, 0.2) is 0 Å². The van der Waals surface area contributed by atoms with Gasteiger partial charge in [-0.3, -0.25) is 9.59 Å². The van der Waals surface area contributed by atoms with E-state index in [4.69, 9.17) is 5.73 Å². The molecule has 2 aromatic carbocycles. The van der Waals surface area contributed by atoms with Crippen LogP contribution in [0.2, 0.25) is 0 Å². The van der Waals surface area contributed by atoms with Crippen molar-refractivity contribution in [1.82, 2.24) is 0 Å². The Bertz CT molecular complexity index is 624. The van der Waals surface area contributed by atoms with Crippen LogP contribution < -0.4 is 11.1 Å². The van der Waals surface area contributed by atoms with Gasteiger partial charge >= 0.3 is 0 Å². The maximum atomic E-state index is 11.9. The van der Waals surface area contributed by atoms with Crippen LogP contribution >= 0.6 is 0 Å². The molecule has 2 rings (SSSR count). The van der Waals surface area contributed by atoms with E-state index in [1.165, 1.54) is 5.56 Å². The van der Waals surface area contributed by atoms with E-state index in [0.717, 1.165) is 12.8 Å². The zero-order chi connectivity index (χ0) is 15.1. The summed E-state index contributed by atoms with van der Waals surface area (Å²) in [6, 6.07) is 16.7. The number of nitrogens with one attached hydrogen (secondary N) is 1. The van der Waals surface area contributed by atoms with Crippen LogP contribution in [0.5, 0.6) is 0 Å². The minimum atomic E-state index is -0.504. The van der Waals surface area contributed by atoms with Gasteiger partial charge in [0.2, 0.25) is 11.8 Å². The van der Waals surface area contributed by atoms with Gasteiger partial charge in [-0.2, -0.15) is 0 Å². The normalized spacial score (nSPS) is 10.1. The molecule has 0 heterocycles. The lowest BCUT2D eigenvalue weighted by Gasteiger charge is -2.06. The van der Waals surface area contributed by atoms with Crippen molar-refractivity contribution in [2.24, 2.45) is 5.73 Å². The molecule has 3 N–H and O–H groups in total. The molecule has 0 atom stereocenters. The van der Waals surface area contributed by atoms with Crippen molar-refractivity contribution in [2.75, 3.05) is 5.32 Å². The Kier molecular flexibility index (Phi) is 5.10. The summed E-state index contributed by atoms with van der Waals surface area (Å²) in [5, 5.41) is 2.78. The third-order valence-corrected chi connectivity index (χ3v) is 3.14. The van der Waals surface area contributed by atoms with E-state index in [2.05, 4.69) is 5.32 Å². The monoisotopic (exact) mass is 282 g/mol. The molecule has 0 aliphatic heterocycles. The maximum absolute atomic E-state index is 11.9. The first-order chi connectivity index (χ1) is 10.1. The number of carbonyl (C=O) groups is 2. The molecule has 108 valence electrons. The minimum Gasteiger partial charge on any atom is -0.366 e. The number of primary amides is 1. The first-order valence-electron chi connectivity index (χ1n) is 6.89. The van der Waals surface area contributed by atoms with Crippen LogP contribution in [0.3, 0.4) is 0 Å². The van der Waals surface area contributed by atoms with Crippen LogP contribution in [0.15, 0.2) is 54.6 Å². The molecule has 0 aliphatic rings. The van der Waals surface area contributed by atoms with Crippen molar-refractivity contribution >= 4 is 17.5 Å². The van der Waals surface area contributed by atoms with Crippen molar-refractivity contribution in [3.05, 3.63) is 65.7 Å². The quantitative estimate of drug-likeness (QED) is 0.855. The first-order valence-corrected chi connectivity index (χ1v) is 6.89. The van der Waals surface area contributed by atoms with Crippen molar-refractivity contribution in [3.8, 4) is 0 Å². The molecule has 4 nitrogen and oxygen atoms in total. The fourth-order valence-electron chi connectivity index (χ4n) is 2.07. The lowest BCUT2D eigenvalue weighted by atomic mass is 10.1. The second-order valence-electron chi connectivity index (χ2n) is 4.83. The molecular formula is C17H18N2O2. The number of amides is 2. The number of hydrogen-bond donors (Lipinski definition) is 2. The summed E-state index contributed by atoms with van der Waals surface area (Å²) in [5.74, 6) is -0.567. The third kappa shape index (κ3) is 4.76. The van der Waals surface area contributed by atoms with E-state index in [0.29, 0.717) is 17.7 Å². The molecule has 0 radical (unpaired) electrons. The van der Waals surface area contributed by atoms with Gasteiger partial charge in [0.05, 0.1) is 0 Å². The van der Waals surface area contributed by atoms with Gasteiger partial charge < -0.3 is 11.1 Å². The smallest absolute Gasteiger partial charge is 0.248 e. The highest BCUT2D eigenvalue weighted by Crippen LogP contribution is 2.11. The maximum Gasteiger partial charge on any atom is 0.248 e. The summed E-state index contributed by atoms with van der Waals surface area (Å²) < 4.78 is 0. The number of rotatable bonds is 6. The lowest BCUT2D eigenvalue weighted by molar-refractivity contribution is -0.116. The van der Waals surface area contributed by atoms with E-state index in [9.17, 15) is 9.59 Å². The third-order valence-electron chi connectivity index (χ3n) is 3.14. The second-order valence-corrected chi connectivity index (χ2v) is 4.83. The Morgan fingerprint density at radius 2 is 1.76 bits per heavy atom. The number of aryl methyl sites for hydroxylation is 1. The standard InChI is InChI=1S/C17H18N2O2/c18-17(21)14-9-5-10-15(12-14)19-16(20)11-4-8-13-6-2-1-3-7-13/h1-3,5-7,9-10,12H,4,8,11H2,(H2,18,21)(H,19,20). The van der Waals surface area contributed by atoms with Gasteiger partial charge in [0, 0.05) is 17.7 Å². The number of anilines is 1. The van der Waals surface area contributed by atoms with Gasteiger partial charge in [0.25, 0.3) is 0 Å². The summed E-state index contributed by atoms with van der Waals surface area (Å²) in [7, 11) is 0. The number of carbonyl (C=O) groups excluding carboxylic acids is 2. The molecular weight excluding hydrogens is 264 g/mol. The molecule has 2 amide bonds. The molecule has 0 aliphatic carbocycles. The van der Waals surface area contributed by atoms with Crippen LogP contribution in [0.1, 0.15) is 28.8 Å². The molecule has 0 unspecified atom stereocenters. The molecule has 4 heteroatoms. The van der Waals surface area contributed by atoms with E-state index in [1.807, 2.05) is 30.3 Å². The Labute approximate surface area is 124 Å². The van der Waals surface area contributed by atoms with Crippen LogP contribution in [0.25, 0.3) is 0 Å². The van der Waals surface area contributed by atoms with E-state index in [-0.39, 0.29) is 5.91 Å². The first kappa shape index (κ1) is 14.8. The molecule has 0 saturated heterocycles. The fourth-order valence-corrected chi connectivity index (χ4v) is 2.07. The number of hydrogen-bond acceptors (Lipinski definition) is 2. The minimum absolute atomic E-state index is 0.0625. The molecule has 0 fully saturated rings. The zero-order valence-corrected chi connectivity index (χ0v) is 11.7. The van der Waals surface area contributed by atoms with Crippen LogP contribution in [-0.4, -0.2) is 11.8 Å². The SMILES string of the molecule is NC(=O)c1cccc(NC(=O)CCCc2ccccc2)c1. The molecule has 0 saturated carbocycles. The predicted octanol–water partition coefficient (Wildman–Crippen LogP) is 2.75. The average molecular weight is 282 g/mol. The average Bonchev–Trinajstić information content (AvgIpc) is 2.48. The molecule has 0 bridgehead atoms. The van der Waals surface area contributed by atoms with E-state index in [1.54, 1.807) is 24.3 Å². The van der Waals surface area contributed by atoms with Crippen molar-refractivity contribution in [1.29, 1.82) is 0 Å². The van der Waals surface area contributed by atoms with E-state index < -0.39 is 5.91 Å². The lowest BCUT2D eigenvalue weighted by Crippen LogP contribution is -2.14. The summed E-state index contributed by atoms with van der Waals surface area (Å²) in [6.07, 6.45) is 2.09. The van der Waals surface area contributed by atoms with Gasteiger partial charge in [-0.05, 0) is 36.6 Å². The van der Waals surface area contributed by atoms with Gasteiger partial charge in [-0.15, -0.1) is 0 Å². The Balaban J connectivity index is 1.82. The highest BCUT2D eigenvalue weighted by molar-refractivity contribution is 5.96. The fraction of sp³-hybridized carbons (Fsp3) is 0.176.